The maximum absolute atomic E-state index is 13.4. The van der Waals surface area contributed by atoms with Crippen molar-refractivity contribution >= 4 is 5.65 Å². The molecule has 0 spiro atoms. The first kappa shape index (κ1) is 13.6. The Hall–Kier alpha value is -2.40. The summed E-state index contributed by atoms with van der Waals surface area (Å²) in [5, 5.41) is 9.59. The lowest BCUT2D eigenvalue weighted by Crippen LogP contribution is -1.95. The molecular weight excluding hydrogens is 271 g/mol. The van der Waals surface area contributed by atoms with Crippen LogP contribution in [0, 0.1) is 5.82 Å². The molecule has 1 aromatic carbocycles. The Morgan fingerprint density at radius 1 is 1.19 bits per heavy atom. The minimum atomic E-state index is -0.368. The van der Waals surface area contributed by atoms with E-state index in [1.165, 1.54) is 12.3 Å². The predicted molar refractivity (Wildman–Crippen MR) is 77.7 cm³/mol. The maximum atomic E-state index is 13.4. The van der Waals surface area contributed by atoms with Crippen LogP contribution >= 0.6 is 0 Å². The predicted octanol–water partition coefficient (Wildman–Crippen LogP) is 3.03. The fraction of sp³-hybridized carbons (Fsp3) is 0.188. The Morgan fingerprint density at radius 2 is 1.95 bits per heavy atom. The van der Waals surface area contributed by atoms with E-state index < -0.39 is 0 Å². The average molecular weight is 286 g/mol. The van der Waals surface area contributed by atoms with Crippen LogP contribution in [0.1, 0.15) is 12.6 Å². The number of aromatic nitrogens is 2. The molecule has 0 atom stereocenters. The van der Waals surface area contributed by atoms with Gasteiger partial charge in [0.2, 0.25) is 0 Å². The van der Waals surface area contributed by atoms with Crippen LogP contribution in [0.5, 0.6) is 5.75 Å². The van der Waals surface area contributed by atoms with Crippen LogP contribution in [0.3, 0.4) is 0 Å². The van der Waals surface area contributed by atoms with Gasteiger partial charge >= 0.3 is 0 Å². The van der Waals surface area contributed by atoms with Gasteiger partial charge in [0.1, 0.15) is 17.2 Å². The Balaban J connectivity index is 2.10. The number of ether oxygens (including phenoxy) is 1. The van der Waals surface area contributed by atoms with E-state index >= 15 is 0 Å². The summed E-state index contributed by atoms with van der Waals surface area (Å²) in [7, 11) is 0. The summed E-state index contributed by atoms with van der Waals surface area (Å²) < 4.78 is 20.3. The summed E-state index contributed by atoms with van der Waals surface area (Å²) in [6.07, 6.45) is 1.33. The lowest BCUT2D eigenvalue weighted by Gasteiger charge is -2.05. The number of benzene rings is 1. The molecule has 0 radical (unpaired) electrons. The first-order valence-electron chi connectivity index (χ1n) is 6.73. The van der Waals surface area contributed by atoms with E-state index in [-0.39, 0.29) is 12.4 Å². The molecule has 0 aliphatic rings. The molecule has 1 N–H and O–H groups in total. The summed E-state index contributed by atoms with van der Waals surface area (Å²) in [6.45, 7) is 2.32. The molecule has 2 heterocycles. The second kappa shape index (κ2) is 5.54. The molecule has 108 valence electrons. The van der Waals surface area contributed by atoms with Crippen LogP contribution in [0.15, 0.2) is 42.6 Å². The van der Waals surface area contributed by atoms with Crippen LogP contribution < -0.4 is 4.74 Å². The highest BCUT2D eigenvalue weighted by atomic mass is 19.1. The fourth-order valence-corrected chi connectivity index (χ4v) is 2.33. The Morgan fingerprint density at radius 3 is 2.62 bits per heavy atom. The highest BCUT2D eigenvalue weighted by molar-refractivity contribution is 5.67. The number of rotatable bonds is 4. The molecule has 0 bridgehead atoms. The van der Waals surface area contributed by atoms with E-state index in [2.05, 4.69) is 4.98 Å². The monoisotopic (exact) mass is 286 g/mol. The molecule has 4 nitrogen and oxygen atoms in total. The van der Waals surface area contributed by atoms with Gasteiger partial charge < -0.3 is 9.84 Å². The van der Waals surface area contributed by atoms with Crippen molar-refractivity contribution in [2.45, 2.75) is 13.5 Å². The van der Waals surface area contributed by atoms with Gasteiger partial charge in [0.15, 0.2) is 0 Å². The summed E-state index contributed by atoms with van der Waals surface area (Å²) >= 11 is 0. The first-order chi connectivity index (χ1) is 10.2. The van der Waals surface area contributed by atoms with Crippen molar-refractivity contribution in [2.75, 3.05) is 6.61 Å². The molecule has 3 aromatic rings. The number of aliphatic hydroxyl groups excluding tert-OH is 1. The van der Waals surface area contributed by atoms with Gasteiger partial charge in [-0.1, -0.05) is 0 Å². The molecule has 21 heavy (non-hydrogen) atoms. The number of halogens is 1. The third-order valence-electron chi connectivity index (χ3n) is 3.27. The van der Waals surface area contributed by atoms with Gasteiger partial charge in [-0.3, -0.25) is 4.40 Å². The number of imidazole rings is 1. The second-order valence-electron chi connectivity index (χ2n) is 4.60. The van der Waals surface area contributed by atoms with Crippen molar-refractivity contribution in [3.05, 3.63) is 54.1 Å². The van der Waals surface area contributed by atoms with Gasteiger partial charge in [0, 0.05) is 11.8 Å². The Bertz CT molecular complexity index is 766. The van der Waals surface area contributed by atoms with Crippen LogP contribution in [-0.4, -0.2) is 21.1 Å². The number of pyridine rings is 1. The number of hydrogen-bond acceptors (Lipinski definition) is 3. The van der Waals surface area contributed by atoms with Crippen molar-refractivity contribution in [1.82, 2.24) is 9.38 Å². The van der Waals surface area contributed by atoms with Crippen molar-refractivity contribution < 1.29 is 14.2 Å². The summed E-state index contributed by atoms with van der Waals surface area (Å²) in [6, 6.07) is 10.4. The number of nitrogens with zero attached hydrogens (tertiary/aromatic N) is 2. The molecule has 2 aromatic heterocycles. The molecule has 5 heteroatoms. The van der Waals surface area contributed by atoms with Gasteiger partial charge in [-0.2, -0.15) is 0 Å². The molecule has 0 saturated heterocycles. The lowest BCUT2D eigenvalue weighted by molar-refractivity contribution is 0.276. The van der Waals surface area contributed by atoms with Crippen LogP contribution in [-0.2, 0) is 6.61 Å². The number of hydrogen-bond donors (Lipinski definition) is 1. The van der Waals surface area contributed by atoms with E-state index in [4.69, 9.17) is 4.74 Å². The largest absolute Gasteiger partial charge is 0.494 e. The summed E-state index contributed by atoms with van der Waals surface area (Å²) in [5.74, 6) is 0.412. The van der Waals surface area contributed by atoms with Crippen molar-refractivity contribution in [3.63, 3.8) is 0 Å². The molecule has 0 fully saturated rings. The molecule has 0 saturated carbocycles. The minimum Gasteiger partial charge on any atom is -0.494 e. The second-order valence-corrected chi connectivity index (χ2v) is 4.60. The van der Waals surface area contributed by atoms with E-state index in [1.807, 2.05) is 31.2 Å². The zero-order valence-corrected chi connectivity index (χ0v) is 11.6. The quantitative estimate of drug-likeness (QED) is 0.802. The fourth-order valence-electron chi connectivity index (χ4n) is 2.33. The molecule has 0 aliphatic heterocycles. The lowest BCUT2D eigenvalue weighted by atomic mass is 10.1. The number of fused-ring (bicyclic) bond motifs is 1. The van der Waals surface area contributed by atoms with Crippen LogP contribution in [0.25, 0.3) is 16.9 Å². The van der Waals surface area contributed by atoms with Crippen LogP contribution in [0.4, 0.5) is 4.39 Å². The van der Waals surface area contributed by atoms with Gasteiger partial charge in [0.25, 0.3) is 0 Å². The van der Waals surface area contributed by atoms with E-state index in [1.54, 1.807) is 10.5 Å². The topological polar surface area (TPSA) is 46.8 Å². The summed E-state index contributed by atoms with van der Waals surface area (Å²) in [5.41, 5.74) is 2.66. The van der Waals surface area contributed by atoms with Gasteiger partial charge in [-0.05, 0) is 43.3 Å². The SMILES string of the molecule is CCOc1ccc(-c2nc3ccc(F)cn3c2CO)cc1. The minimum absolute atomic E-state index is 0.215. The summed E-state index contributed by atoms with van der Waals surface area (Å²) in [4.78, 5) is 4.47. The molecule has 0 aliphatic carbocycles. The van der Waals surface area contributed by atoms with E-state index in [0.29, 0.717) is 23.6 Å². The molecule has 0 amide bonds. The smallest absolute Gasteiger partial charge is 0.139 e. The molecule has 3 rings (SSSR count). The highest BCUT2D eigenvalue weighted by Crippen LogP contribution is 2.26. The van der Waals surface area contributed by atoms with Crippen molar-refractivity contribution in [1.29, 1.82) is 0 Å². The van der Waals surface area contributed by atoms with Gasteiger partial charge in [-0.15, -0.1) is 0 Å². The standard InChI is InChI=1S/C16H15FN2O2/c1-2-21-13-6-3-11(4-7-13)16-14(10-20)19-9-12(17)5-8-15(19)18-16/h3-9,20H,2,10H2,1H3. The van der Waals surface area contributed by atoms with E-state index in [0.717, 1.165) is 11.3 Å². The third kappa shape index (κ3) is 2.48. The third-order valence-corrected chi connectivity index (χ3v) is 3.27. The average Bonchev–Trinajstić information content (AvgIpc) is 2.86. The number of aliphatic hydroxyl groups is 1. The zero-order chi connectivity index (χ0) is 14.8. The van der Waals surface area contributed by atoms with Crippen molar-refractivity contribution in [2.24, 2.45) is 0 Å². The molecular formula is C16H15FN2O2. The van der Waals surface area contributed by atoms with E-state index in [9.17, 15) is 9.50 Å². The maximum Gasteiger partial charge on any atom is 0.139 e. The van der Waals surface area contributed by atoms with Crippen molar-refractivity contribution in [3.8, 4) is 17.0 Å². The Kier molecular flexibility index (Phi) is 3.58. The van der Waals surface area contributed by atoms with Gasteiger partial charge in [-0.25, -0.2) is 9.37 Å². The normalized spacial score (nSPS) is 11.0. The zero-order valence-electron chi connectivity index (χ0n) is 11.6. The van der Waals surface area contributed by atoms with Gasteiger partial charge in [0.05, 0.1) is 24.6 Å². The highest BCUT2D eigenvalue weighted by Gasteiger charge is 2.13. The molecule has 0 unspecified atom stereocenters. The Labute approximate surface area is 121 Å². The van der Waals surface area contributed by atoms with Crippen LogP contribution in [0.2, 0.25) is 0 Å². The first-order valence-corrected chi connectivity index (χ1v) is 6.73.